The summed E-state index contributed by atoms with van der Waals surface area (Å²) >= 11 is 0. The number of carboxylic acids is 1. The Hall–Kier alpha value is -1.56. The van der Waals surface area contributed by atoms with Crippen molar-refractivity contribution in [2.24, 2.45) is 11.8 Å². The van der Waals surface area contributed by atoms with Crippen LogP contribution in [0.15, 0.2) is 12.2 Å². The number of likely N-dealkylation sites (tertiary alicyclic amines) is 1. The number of amides is 2. The number of carbonyl (C=O) groups is 2. The SMILES string of the molecule is C=C(C)C1OCCC1CNC(=O)N1CCC(C(=O)O)C1. The Labute approximate surface area is 118 Å². The number of aliphatic carboxylic acids is 1. The Kier molecular flexibility index (Phi) is 4.65. The minimum absolute atomic E-state index is 0.0145. The number of carbonyl (C=O) groups excluding carboxylic acids is 1. The molecule has 2 aliphatic rings. The number of hydrogen-bond donors (Lipinski definition) is 2. The van der Waals surface area contributed by atoms with Crippen molar-refractivity contribution in [1.29, 1.82) is 0 Å². The van der Waals surface area contributed by atoms with Gasteiger partial charge in [0.05, 0.1) is 12.0 Å². The van der Waals surface area contributed by atoms with E-state index in [0.29, 0.717) is 32.7 Å². The molecule has 0 aromatic rings. The van der Waals surface area contributed by atoms with E-state index >= 15 is 0 Å². The fraction of sp³-hybridized carbons (Fsp3) is 0.714. The highest BCUT2D eigenvalue weighted by Gasteiger charge is 2.32. The van der Waals surface area contributed by atoms with Crippen molar-refractivity contribution in [2.75, 3.05) is 26.2 Å². The van der Waals surface area contributed by atoms with Crippen LogP contribution in [0.1, 0.15) is 19.8 Å². The van der Waals surface area contributed by atoms with Gasteiger partial charge in [-0.3, -0.25) is 4.79 Å². The van der Waals surface area contributed by atoms with Crippen molar-refractivity contribution in [3.8, 4) is 0 Å². The van der Waals surface area contributed by atoms with Gasteiger partial charge >= 0.3 is 12.0 Å². The molecule has 0 spiro atoms. The fourth-order valence-electron chi connectivity index (χ4n) is 2.86. The lowest BCUT2D eigenvalue weighted by atomic mass is 9.97. The third-order valence-electron chi connectivity index (χ3n) is 4.04. The van der Waals surface area contributed by atoms with Gasteiger partial charge in [0, 0.05) is 32.2 Å². The lowest BCUT2D eigenvalue weighted by Gasteiger charge is -2.22. The number of nitrogens with one attached hydrogen (secondary N) is 1. The summed E-state index contributed by atoms with van der Waals surface area (Å²) in [7, 11) is 0. The monoisotopic (exact) mass is 282 g/mol. The second-order valence-electron chi connectivity index (χ2n) is 5.64. The molecule has 0 aromatic heterocycles. The molecular weight excluding hydrogens is 260 g/mol. The predicted molar refractivity (Wildman–Crippen MR) is 73.4 cm³/mol. The Balaban J connectivity index is 1.78. The highest BCUT2D eigenvalue weighted by molar-refractivity contribution is 5.77. The third kappa shape index (κ3) is 3.30. The normalized spacial score (nSPS) is 29.4. The fourth-order valence-corrected chi connectivity index (χ4v) is 2.86. The number of urea groups is 1. The lowest BCUT2D eigenvalue weighted by Crippen LogP contribution is -2.42. The van der Waals surface area contributed by atoms with Gasteiger partial charge in [0.2, 0.25) is 0 Å². The number of nitrogens with zero attached hydrogens (tertiary/aromatic N) is 1. The van der Waals surface area contributed by atoms with Crippen molar-refractivity contribution >= 4 is 12.0 Å². The van der Waals surface area contributed by atoms with Crippen molar-refractivity contribution in [3.05, 3.63) is 12.2 Å². The summed E-state index contributed by atoms with van der Waals surface area (Å²) < 4.78 is 5.59. The van der Waals surface area contributed by atoms with Crippen LogP contribution in [0.5, 0.6) is 0 Å². The van der Waals surface area contributed by atoms with Crippen molar-refractivity contribution in [1.82, 2.24) is 10.2 Å². The maximum absolute atomic E-state index is 12.0. The van der Waals surface area contributed by atoms with Crippen molar-refractivity contribution in [3.63, 3.8) is 0 Å². The highest BCUT2D eigenvalue weighted by Crippen LogP contribution is 2.25. The van der Waals surface area contributed by atoms with Crippen LogP contribution in [0.4, 0.5) is 4.79 Å². The van der Waals surface area contributed by atoms with E-state index in [1.165, 1.54) is 0 Å². The van der Waals surface area contributed by atoms with Crippen LogP contribution >= 0.6 is 0 Å². The number of ether oxygens (including phenoxy) is 1. The molecule has 3 atom stereocenters. The molecule has 112 valence electrons. The summed E-state index contributed by atoms with van der Waals surface area (Å²) in [5, 5.41) is 11.8. The molecule has 2 heterocycles. The van der Waals surface area contributed by atoms with Gasteiger partial charge in [-0.25, -0.2) is 4.79 Å². The van der Waals surface area contributed by atoms with Gasteiger partial charge in [-0.05, 0) is 19.8 Å². The van der Waals surface area contributed by atoms with Gasteiger partial charge in [0.15, 0.2) is 0 Å². The van der Waals surface area contributed by atoms with Gasteiger partial charge in [-0.2, -0.15) is 0 Å². The molecule has 0 radical (unpaired) electrons. The minimum Gasteiger partial charge on any atom is -0.481 e. The largest absolute Gasteiger partial charge is 0.481 e. The third-order valence-corrected chi connectivity index (χ3v) is 4.04. The topological polar surface area (TPSA) is 78.9 Å². The number of carboxylic acid groups (broad SMARTS) is 1. The van der Waals surface area contributed by atoms with Crippen LogP contribution in [0.2, 0.25) is 0 Å². The van der Waals surface area contributed by atoms with E-state index < -0.39 is 11.9 Å². The second-order valence-corrected chi connectivity index (χ2v) is 5.64. The van der Waals surface area contributed by atoms with E-state index in [9.17, 15) is 9.59 Å². The van der Waals surface area contributed by atoms with E-state index in [1.54, 1.807) is 4.90 Å². The van der Waals surface area contributed by atoms with Crippen molar-refractivity contribution < 1.29 is 19.4 Å². The standard InChI is InChI=1S/C14H22N2O4/c1-9(2)12-10(4-6-20-12)7-15-14(19)16-5-3-11(8-16)13(17)18/h10-12H,1,3-8H2,2H3,(H,15,19)(H,17,18). The van der Waals surface area contributed by atoms with E-state index in [-0.39, 0.29) is 18.1 Å². The first-order chi connectivity index (χ1) is 9.49. The van der Waals surface area contributed by atoms with Gasteiger partial charge < -0.3 is 20.1 Å². The molecule has 0 aromatic carbocycles. The summed E-state index contributed by atoms with van der Waals surface area (Å²) in [5.74, 6) is -1.00. The average Bonchev–Trinajstić information content (AvgIpc) is 3.04. The zero-order chi connectivity index (χ0) is 14.7. The quantitative estimate of drug-likeness (QED) is 0.756. The molecule has 2 saturated heterocycles. The van der Waals surface area contributed by atoms with Gasteiger partial charge in [0.1, 0.15) is 0 Å². The maximum atomic E-state index is 12.0. The van der Waals surface area contributed by atoms with E-state index in [4.69, 9.17) is 9.84 Å². The molecule has 3 unspecified atom stereocenters. The molecule has 2 amide bonds. The Morgan fingerprint density at radius 2 is 2.20 bits per heavy atom. The van der Waals surface area contributed by atoms with Crippen LogP contribution in [-0.2, 0) is 9.53 Å². The smallest absolute Gasteiger partial charge is 0.317 e. The summed E-state index contributed by atoms with van der Waals surface area (Å²) in [6.45, 7) is 7.89. The van der Waals surface area contributed by atoms with Crippen LogP contribution < -0.4 is 5.32 Å². The molecule has 2 fully saturated rings. The van der Waals surface area contributed by atoms with Crippen LogP contribution in [0, 0.1) is 11.8 Å². The van der Waals surface area contributed by atoms with Gasteiger partial charge in [0.25, 0.3) is 0 Å². The van der Waals surface area contributed by atoms with Crippen LogP contribution in [-0.4, -0.2) is 54.4 Å². The highest BCUT2D eigenvalue weighted by atomic mass is 16.5. The molecule has 0 bridgehead atoms. The summed E-state index contributed by atoms with van der Waals surface area (Å²) in [5.41, 5.74) is 0.980. The Morgan fingerprint density at radius 1 is 1.45 bits per heavy atom. The first-order valence-electron chi connectivity index (χ1n) is 7.01. The van der Waals surface area contributed by atoms with Crippen molar-refractivity contribution in [2.45, 2.75) is 25.9 Å². The van der Waals surface area contributed by atoms with E-state index in [2.05, 4.69) is 11.9 Å². The second kappa shape index (κ2) is 6.26. The summed E-state index contributed by atoms with van der Waals surface area (Å²) in [6.07, 6.45) is 1.46. The van der Waals surface area contributed by atoms with Crippen LogP contribution in [0.3, 0.4) is 0 Å². The molecule has 2 rings (SSSR count). The molecule has 0 aliphatic carbocycles. The van der Waals surface area contributed by atoms with E-state index in [1.807, 2.05) is 6.92 Å². The zero-order valence-corrected chi connectivity index (χ0v) is 11.8. The predicted octanol–water partition coefficient (Wildman–Crippen LogP) is 1.08. The molecular formula is C14H22N2O4. The zero-order valence-electron chi connectivity index (χ0n) is 11.8. The molecule has 2 aliphatic heterocycles. The van der Waals surface area contributed by atoms with Crippen LogP contribution in [0.25, 0.3) is 0 Å². The molecule has 20 heavy (non-hydrogen) atoms. The summed E-state index contributed by atoms with van der Waals surface area (Å²) in [4.78, 5) is 24.4. The Morgan fingerprint density at radius 3 is 2.80 bits per heavy atom. The van der Waals surface area contributed by atoms with Gasteiger partial charge in [-0.1, -0.05) is 12.2 Å². The molecule has 2 N–H and O–H groups in total. The molecule has 6 heteroatoms. The molecule has 0 saturated carbocycles. The minimum atomic E-state index is -0.827. The number of hydrogen-bond acceptors (Lipinski definition) is 3. The molecule has 6 nitrogen and oxygen atoms in total. The first kappa shape index (κ1) is 14.8. The Bertz CT molecular complexity index is 410. The lowest BCUT2D eigenvalue weighted by molar-refractivity contribution is -0.141. The van der Waals surface area contributed by atoms with E-state index in [0.717, 1.165) is 12.0 Å². The summed E-state index contributed by atoms with van der Waals surface area (Å²) in [6, 6.07) is -0.180. The first-order valence-corrected chi connectivity index (χ1v) is 7.01. The average molecular weight is 282 g/mol. The maximum Gasteiger partial charge on any atom is 0.317 e. The van der Waals surface area contributed by atoms with Gasteiger partial charge in [-0.15, -0.1) is 0 Å². The number of rotatable bonds is 4.